The lowest BCUT2D eigenvalue weighted by atomic mass is 10.0. The number of amides is 1. The lowest BCUT2D eigenvalue weighted by molar-refractivity contribution is -0.120. The highest BCUT2D eigenvalue weighted by molar-refractivity contribution is 6.01. The fourth-order valence-corrected chi connectivity index (χ4v) is 4.27. The Balaban J connectivity index is 1.40. The Morgan fingerprint density at radius 2 is 2.27 bits per heavy atom. The molecule has 1 unspecified atom stereocenters. The van der Waals surface area contributed by atoms with Gasteiger partial charge in [-0.25, -0.2) is 14.5 Å². The molecule has 2 aromatic heterocycles. The predicted molar refractivity (Wildman–Crippen MR) is 107 cm³/mol. The van der Waals surface area contributed by atoms with E-state index in [1.807, 2.05) is 18.5 Å². The maximum absolute atomic E-state index is 12.0. The molecule has 1 amide bonds. The molecule has 1 atom stereocenters. The molecule has 10 heteroatoms. The molecule has 1 aliphatic carbocycles. The number of ether oxygens (including phenoxy) is 1. The van der Waals surface area contributed by atoms with Crippen LogP contribution in [0.4, 0.5) is 0 Å². The summed E-state index contributed by atoms with van der Waals surface area (Å²) in [5.41, 5.74) is 10.3. The largest absolute Gasteiger partial charge is 0.495 e. The monoisotopic (exact) mass is 404 g/mol. The van der Waals surface area contributed by atoms with Crippen LogP contribution in [0.25, 0.3) is 5.78 Å². The van der Waals surface area contributed by atoms with Gasteiger partial charge >= 0.3 is 0 Å². The van der Waals surface area contributed by atoms with Crippen LogP contribution in [0.1, 0.15) is 25.0 Å². The zero-order valence-corrected chi connectivity index (χ0v) is 16.2. The molecule has 1 fully saturated rings. The summed E-state index contributed by atoms with van der Waals surface area (Å²) >= 11 is 0. The molecule has 3 N–H and O–H groups in total. The van der Waals surface area contributed by atoms with Gasteiger partial charge in [0.05, 0.1) is 11.4 Å². The van der Waals surface area contributed by atoms with E-state index in [-0.39, 0.29) is 11.8 Å². The molecule has 6 rings (SSSR count). The lowest BCUT2D eigenvalue weighted by Gasteiger charge is -2.30. The molecule has 5 heterocycles. The second-order valence-electron chi connectivity index (χ2n) is 7.87. The summed E-state index contributed by atoms with van der Waals surface area (Å²) in [6.07, 6.45) is 9.70. The number of rotatable bonds is 5. The first kappa shape index (κ1) is 17.2. The average molecular weight is 404 g/mol. The van der Waals surface area contributed by atoms with Crippen LogP contribution in [0.2, 0.25) is 0 Å². The number of aromatic nitrogens is 4. The van der Waals surface area contributed by atoms with Gasteiger partial charge < -0.3 is 20.7 Å². The molecular formula is C20H20N8O2. The van der Waals surface area contributed by atoms with E-state index in [2.05, 4.69) is 25.3 Å². The molecule has 152 valence electrons. The molecular weight excluding hydrogens is 384 g/mol. The number of nitrogens with one attached hydrogen (secondary N) is 1. The number of carbonyl (C=O) groups excluding carboxylic acids is 1. The third-order valence-corrected chi connectivity index (χ3v) is 5.91. The van der Waals surface area contributed by atoms with Crippen molar-refractivity contribution in [3.05, 3.63) is 59.3 Å². The lowest BCUT2D eigenvalue weighted by Crippen LogP contribution is -2.43. The van der Waals surface area contributed by atoms with Crippen LogP contribution in [0, 0.1) is 5.92 Å². The first-order valence-electron chi connectivity index (χ1n) is 10.0. The fourth-order valence-electron chi connectivity index (χ4n) is 4.27. The Morgan fingerprint density at radius 3 is 3.10 bits per heavy atom. The van der Waals surface area contributed by atoms with Crippen molar-refractivity contribution in [1.29, 1.82) is 0 Å². The van der Waals surface area contributed by atoms with Crippen molar-refractivity contribution in [3.8, 4) is 0 Å². The maximum Gasteiger partial charge on any atom is 0.252 e. The predicted octanol–water partition coefficient (Wildman–Crippen LogP) is 0.453. The zero-order chi connectivity index (χ0) is 20.2. The van der Waals surface area contributed by atoms with E-state index in [4.69, 9.17) is 15.5 Å². The minimum atomic E-state index is -0.403. The highest BCUT2D eigenvalue weighted by Crippen LogP contribution is 2.39. The third kappa shape index (κ3) is 2.67. The van der Waals surface area contributed by atoms with Crippen LogP contribution < -0.4 is 11.1 Å². The van der Waals surface area contributed by atoms with Gasteiger partial charge in [0.1, 0.15) is 30.9 Å². The zero-order valence-electron chi connectivity index (χ0n) is 16.2. The molecule has 0 bridgehead atoms. The van der Waals surface area contributed by atoms with Gasteiger partial charge in [-0.2, -0.15) is 10.1 Å². The molecule has 30 heavy (non-hydrogen) atoms. The molecule has 0 spiro atoms. The Morgan fingerprint density at radius 1 is 1.37 bits per heavy atom. The van der Waals surface area contributed by atoms with Gasteiger partial charge in [-0.15, -0.1) is 0 Å². The van der Waals surface area contributed by atoms with Crippen LogP contribution in [0.3, 0.4) is 0 Å². The van der Waals surface area contributed by atoms with Crippen LogP contribution in [0.5, 0.6) is 0 Å². The summed E-state index contributed by atoms with van der Waals surface area (Å²) in [6, 6.07) is 1.48. The van der Waals surface area contributed by atoms with Gasteiger partial charge in [-0.3, -0.25) is 4.79 Å². The second kappa shape index (κ2) is 6.41. The molecule has 4 aliphatic rings. The van der Waals surface area contributed by atoms with Crippen molar-refractivity contribution in [2.45, 2.75) is 25.3 Å². The number of fused-ring (bicyclic) bond motifs is 1. The highest BCUT2D eigenvalue weighted by atomic mass is 16.5. The molecule has 0 radical (unpaired) electrons. The molecule has 0 saturated heterocycles. The summed E-state index contributed by atoms with van der Waals surface area (Å²) in [6.45, 7) is 1.29. The second-order valence-corrected chi connectivity index (χ2v) is 7.87. The van der Waals surface area contributed by atoms with E-state index in [1.165, 1.54) is 11.9 Å². The number of amidine groups is 1. The highest BCUT2D eigenvalue weighted by Gasteiger charge is 2.39. The van der Waals surface area contributed by atoms with E-state index >= 15 is 0 Å². The van der Waals surface area contributed by atoms with Crippen LogP contribution in [0.15, 0.2) is 58.6 Å². The summed E-state index contributed by atoms with van der Waals surface area (Å²) in [4.78, 5) is 27.6. The molecule has 0 aromatic carbocycles. The molecule has 3 aliphatic heterocycles. The minimum absolute atomic E-state index is 0.280. The van der Waals surface area contributed by atoms with E-state index in [9.17, 15) is 4.79 Å². The number of nitrogens with two attached hydrogens (primary N) is 1. The quantitative estimate of drug-likeness (QED) is 0.742. The Labute approximate surface area is 171 Å². The summed E-state index contributed by atoms with van der Waals surface area (Å²) in [5.74, 6) is 1.23. The van der Waals surface area contributed by atoms with Gasteiger partial charge in [0.25, 0.3) is 5.78 Å². The first-order valence-corrected chi connectivity index (χ1v) is 10.0. The molecule has 10 nitrogen and oxygen atoms in total. The van der Waals surface area contributed by atoms with Crippen molar-refractivity contribution < 1.29 is 9.53 Å². The van der Waals surface area contributed by atoms with Gasteiger partial charge in [0.2, 0.25) is 5.91 Å². The average Bonchev–Trinajstić information content (AvgIpc) is 3.36. The van der Waals surface area contributed by atoms with E-state index in [1.54, 1.807) is 10.8 Å². The number of carbonyl (C=O) groups is 1. The molecule has 2 aromatic rings. The first-order chi connectivity index (χ1) is 14.7. The maximum atomic E-state index is 12.0. The van der Waals surface area contributed by atoms with Gasteiger partial charge in [-0.1, -0.05) is 0 Å². The smallest absolute Gasteiger partial charge is 0.252 e. The van der Waals surface area contributed by atoms with Crippen molar-refractivity contribution in [3.63, 3.8) is 0 Å². The number of hydrogen-bond donors (Lipinski definition) is 2. The summed E-state index contributed by atoms with van der Waals surface area (Å²) in [7, 11) is 0. The van der Waals surface area contributed by atoms with E-state index in [0.717, 1.165) is 54.3 Å². The van der Waals surface area contributed by atoms with E-state index < -0.39 is 6.04 Å². The third-order valence-electron chi connectivity index (χ3n) is 5.91. The number of primary amides is 1. The Kier molecular flexibility index (Phi) is 3.67. The number of aliphatic imine (C=N–C) groups is 1. The standard InChI is InChI=1S/C20H20N8O2/c21-18(29)16(11-1-2-11)25-15-9-30-8-12-3-5-27-17(12)13(15)7-22-19(27)14-4-6-28-20(26-14)23-10-24-28/h4,6-7,9-11,16,25H,1-3,5,8H2,(H2,21,29). The number of hydrogen-bond acceptors (Lipinski definition) is 8. The number of nitrogens with zero attached hydrogens (tertiary/aromatic N) is 6. The SMILES string of the molecule is NC(=O)C(NC1=COCC2=C3C1=CN=C(c1ccn4ncnc4n1)N3CC2)C1CC1. The molecule has 1 saturated carbocycles. The van der Waals surface area contributed by atoms with Crippen molar-refractivity contribution in [2.24, 2.45) is 16.6 Å². The normalized spacial score (nSPS) is 21.3. The van der Waals surface area contributed by atoms with Crippen molar-refractivity contribution >= 4 is 17.5 Å². The van der Waals surface area contributed by atoms with Crippen molar-refractivity contribution in [2.75, 3.05) is 13.2 Å². The Hall–Kier alpha value is -3.69. The minimum Gasteiger partial charge on any atom is -0.495 e. The Bertz CT molecular complexity index is 1190. The fraction of sp³-hybridized carbons (Fsp3) is 0.350. The summed E-state index contributed by atoms with van der Waals surface area (Å²) < 4.78 is 7.43. The summed E-state index contributed by atoms with van der Waals surface area (Å²) in [5, 5.41) is 7.43. The van der Waals surface area contributed by atoms with E-state index in [0.29, 0.717) is 12.4 Å². The van der Waals surface area contributed by atoms with Gasteiger partial charge in [0.15, 0.2) is 5.84 Å². The van der Waals surface area contributed by atoms with Crippen LogP contribution >= 0.6 is 0 Å². The van der Waals surface area contributed by atoms with Crippen LogP contribution in [-0.4, -0.2) is 55.4 Å². The topological polar surface area (TPSA) is 123 Å². The van der Waals surface area contributed by atoms with Crippen LogP contribution in [-0.2, 0) is 9.53 Å². The van der Waals surface area contributed by atoms with Gasteiger partial charge in [0, 0.05) is 24.5 Å². The van der Waals surface area contributed by atoms with Gasteiger partial charge in [-0.05, 0) is 36.8 Å². The van der Waals surface area contributed by atoms with Crippen molar-refractivity contribution in [1.82, 2.24) is 29.8 Å².